The first kappa shape index (κ1) is 18.8. The quantitative estimate of drug-likeness (QED) is 0.454. The lowest BCUT2D eigenvalue weighted by atomic mass is 10.0. The lowest BCUT2D eigenvalue weighted by Gasteiger charge is -2.17. The molecule has 1 atom stereocenters. The van der Waals surface area contributed by atoms with E-state index in [0.29, 0.717) is 16.5 Å². The second-order valence-corrected chi connectivity index (χ2v) is 6.72. The van der Waals surface area contributed by atoms with Crippen molar-refractivity contribution >= 4 is 28.5 Å². The van der Waals surface area contributed by atoms with E-state index < -0.39 is 17.7 Å². The largest absolute Gasteiger partial charge is 0.478 e. The number of carboxylic acid groups (broad SMARTS) is 1. The maximum Gasteiger partial charge on any atom is 0.349 e. The van der Waals surface area contributed by atoms with Crippen LogP contribution in [-0.2, 0) is 4.79 Å². The van der Waals surface area contributed by atoms with E-state index in [2.05, 4.69) is 0 Å². The molecule has 1 aromatic heterocycles. The van der Waals surface area contributed by atoms with Crippen molar-refractivity contribution in [3.05, 3.63) is 99.9 Å². The van der Waals surface area contributed by atoms with Gasteiger partial charge in [-0.05, 0) is 23.3 Å². The first-order chi connectivity index (χ1) is 14.0. The molecular formula is C23H15ClO5. The third kappa shape index (κ3) is 3.73. The fraction of sp³-hybridized carbons (Fsp3) is 0.0435. The van der Waals surface area contributed by atoms with Crippen LogP contribution < -0.4 is 10.4 Å². The fourth-order valence-corrected chi connectivity index (χ4v) is 3.39. The number of fused-ring (bicyclic) bond motifs is 1. The van der Waals surface area contributed by atoms with E-state index >= 15 is 0 Å². The van der Waals surface area contributed by atoms with E-state index in [4.69, 9.17) is 20.8 Å². The fourth-order valence-electron chi connectivity index (χ4n) is 3.14. The minimum atomic E-state index is -1.25. The predicted molar refractivity (Wildman–Crippen MR) is 110 cm³/mol. The molecule has 0 amide bonds. The number of halogens is 1. The summed E-state index contributed by atoms with van der Waals surface area (Å²) in [6.07, 6.45) is -1.25. The molecule has 1 N–H and O–H groups in total. The van der Waals surface area contributed by atoms with Gasteiger partial charge in [0, 0.05) is 17.0 Å². The second kappa shape index (κ2) is 7.81. The topological polar surface area (TPSA) is 76.7 Å². The van der Waals surface area contributed by atoms with E-state index in [9.17, 15) is 14.7 Å². The summed E-state index contributed by atoms with van der Waals surface area (Å²) >= 11 is 6.46. The van der Waals surface area contributed by atoms with Gasteiger partial charge in [-0.25, -0.2) is 9.59 Å². The van der Waals surface area contributed by atoms with Gasteiger partial charge in [0.1, 0.15) is 10.8 Å². The molecule has 0 aliphatic heterocycles. The summed E-state index contributed by atoms with van der Waals surface area (Å²) in [7, 11) is 0. The van der Waals surface area contributed by atoms with Gasteiger partial charge in [0.25, 0.3) is 0 Å². The number of rotatable bonds is 5. The van der Waals surface area contributed by atoms with Crippen molar-refractivity contribution in [3.8, 4) is 16.9 Å². The number of carbonyl (C=O) groups is 1. The van der Waals surface area contributed by atoms with Gasteiger partial charge in [-0.15, -0.1) is 0 Å². The first-order valence-electron chi connectivity index (χ1n) is 8.81. The molecule has 4 aromatic rings. The van der Waals surface area contributed by atoms with E-state index in [1.165, 1.54) is 6.07 Å². The zero-order valence-electron chi connectivity index (χ0n) is 15.0. The number of hydrogen-bond acceptors (Lipinski definition) is 4. The van der Waals surface area contributed by atoms with Crippen LogP contribution >= 0.6 is 11.6 Å². The molecule has 0 aliphatic carbocycles. The smallest absolute Gasteiger partial charge is 0.349 e. The minimum absolute atomic E-state index is 0.0413. The van der Waals surface area contributed by atoms with E-state index in [1.807, 2.05) is 30.3 Å². The Balaban J connectivity index is 1.83. The maximum atomic E-state index is 12.1. The molecule has 0 bridgehead atoms. The Morgan fingerprint density at radius 3 is 2.28 bits per heavy atom. The highest BCUT2D eigenvalue weighted by molar-refractivity contribution is 6.36. The van der Waals surface area contributed by atoms with Crippen molar-refractivity contribution in [2.45, 2.75) is 6.10 Å². The van der Waals surface area contributed by atoms with Gasteiger partial charge in [0.05, 0.1) is 0 Å². The van der Waals surface area contributed by atoms with Crippen LogP contribution in [-0.4, -0.2) is 11.1 Å². The Morgan fingerprint density at radius 1 is 0.966 bits per heavy atom. The van der Waals surface area contributed by atoms with Crippen molar-refractivity contribution in [1.29, 1.82) is 0 Å². The minimum Gasteiger partial charge on any atom is -0.478 e. The van der Waals surface area contributed by atoms with E-state index in [1.54, 1.807) is 42.5 Å². The average Bonchev–Trinajstić information content (AvgIpc) is 2.74. The molecule has 0 spiro atoms. The molecule has 4 rings (SSSR count). The Bertz CT molecular complexity index is 1230. The number of hydrogen-bond donors (Lipinski definition) is 1. The Morgan fingerprint density at radius 2 is 1.62 bits per heavy atom. The van der Waals surface area contributed by atoms with Crippen molar-refractivity contribution in [1.82, 2.24) is 0 Å². The van der Waals surface area contributed by atoms with Crippen LogP contribution in [0.2, 0.25) is 5.02 Å². The molecule has 0 aliphatic rings. The monoisotopic (exact) mass is 406 g/mol. The van der Waals surface area contributed by atoms with Gasteiger partial charge in [-0.2, -0.15) is 0 Å². The summed E-state index contributed by atoms with van der Waals surface area (Å²) in [5.74, 6) is -1.05. The van der Waals surface area contributed by atoms with Gasteiger partial charge in [-0.3, -0.25) is 0 Å². The highest BCUT2D eigenvalue weighted by atomic mass is 35.5. The SMILES string of the molecule is O=C(O)[C@@H](Oc1ccc2c(-c3ccccc3)cc(=O)oc2c1Cl)c1ccccc1. The third-order valence-electron chi connectivity index (χ3n) is 4.47. The molecule has 0 fully saturated rings. The van der Waals surface area contributed by atoms with Crippen LogP contribution in [0.25, 0.3) is 22.1 Å². The molecular weight excluding hydrogens is 392 g/mol. The summed E-state index contributed by atoms with van der Waals surface area (Å²) in [6, 6.07) is 22.6. The third-order valence-corrected chi connectivity index (χ3v) is 4.83. The van der Waals surface area contributed by atoms with Crippen LogP contribution in [0.15, 0.2) is 88.1 Å². The number of carboxylic acids is 1. The molecule has 6 heteroatoms. The molecule has 0 saturated carbocycles. The summed E-state index contributed by atoms with van der Waals surface area (Å²) in [4.78, 5) is 23.9. The van der Waals surface area contributed by atoms with E-state index in [0.717, 1.165) is 5.56 Å². The molecule has 144 valence electrons. The lowest BCUT2D eigenvalue weighted by molar-refractivity contribution is -0.145. The number of aliphatic carboxylic acids is 1. The predicted octanol–water partition coefficient (Wildman–Crippen LogP) is 5.32. The summed E-state index contributed by atoms with van der Waals surface area (Å²) < 4.78 is 11.0. The number of benzene rings is 3. The zero-order chi connectivity index (χ0) is 20.4. The molecule has 0 unspecified atom stereocenters. The Hall–Kier alpha value is -3.57. The highest BCUT2D eigenvalue weighted by Crippen LogP contribution is 2.38. The first-order valence-corrected chi connectivity index (χ1v) is 9.18. The maximum absolute atomic E-state index is 12.1. The van der Waals surface area contributed by atoms with Crippen molar-refractivity contribution in [2.24, 2.45) is 0 Å². The number of ether oxygens (including phenoxy) is 1. The molecule has 0 radical (unpaired) electrons. The van der Waals surface area contributed by atoms with Gasteiger partial charge in [-0.1, -0.05) is 72.3 Å². The molecule has 5 nitrogen and oxygen atoms in total. The average molecular weight is 407 g/mol. The molecule has 3 aromatic carbocycles. The van der Waals surface area contributed by atoms with Crippen molar-refractivity contribution < 1.29 is 19.1 Å². The second-order valence-electron chi connectivity index (χ2n) is 6.35. The van der Waals surface area contributed by atoms with Gasteiger partial charge in [0.2, 0.25) is 6.10 Å². The summed E-state index contributed by atoms with van der Waals surface area (Å²) in [6.45, 7) is 0. The van der Waals surface area contributed by atoms with Crippen LogP contribution in [0, 0.1) is 0 Å². The van der Waals surface area contributed by atoms with E-state index in [-0.39, 0.29) is 16.4 Å². The lowest BCUT2D eigenvalue weighted by Crippen LogP contribution is -2.18. The van der Waals surface area contributed by atoms with Crippen molar-refractivity contribution in [3.63, 3.8) is 0 Å². The normalized spacial score (nSPS) is 11.9. The van der Waals surface area contributed by atoms with Gasteiger partial charge >= 0.3 is 11.6 Å². The molecule has 1 heterocycles. The highest BCUT2D eigenvalue weighted by Gasteiger charge is 2.24. The van der Waals surface area contributed by atoms with Crippen molar-refractivity contribution in [2.75, 3.05) is 0 Å². The van der Waals surface area contributed by atoms with Gasteiger partial charge in [0.15, 0.2) is 5.58 Å². The van der Waals surface area contributed by atoms with Crippen LogP contribution in [0.3, 0.4) is 0 Å². The summed E-state index contributed by atoms with van der Waals surface area (Å²) in [5.41, 5.74) is 1.56. The standard InChI is InChI=1S/C23H15ClO5/c24-20-18(28-21(23(26)27)15-9-5-2-6-10-15)12-11-16-17(13-19(25)29-22(16)20)14-7-3-1-4-8-14/h1-13,21H,(H,26,27)/t21-/m0/s1. The Kier molecular flexibility index (Phi) is 5.06. The Labute approximate surface area is 170 Å². The van der Waals surface area contributed by atoms with Crippen LogP contribution in [0.5, 0.6) is 5.75 Å². The van der Waals surface area contributed by atoms with Crippen LogP contribution in [0.1, 0.15) is 11.7 Å². The zero-order valence-corrected chi connectivity index (χ0v) is 15.8. The van der Waals surface area contributed by atoms with Gasteiger partial charge < -0.3 is 14.3 Å². The van der Waals surface area contributed by atoms with Crippen LogP contribution in [0.4, 0.5) is 0 Å². The molecule has 29 heavy (non-hydrogen) atoms. The molecule has 0 saturated heterocycles. The summed E-state index contributed by atoms with van der Waals surface area (Å²) in [5, 5.41) is 10.3.